The third-order valence-electron chi connectivity index (χ3n) is 8.67. The van der Waals surface area contributed by atoms with E-state index < -0.39 is 41.7 Å². The van der Waals surface area contributed by atoms with Crippen LogP contribution < -0.4 is 0 Å². The molecule has 2 fully saturated rings. The number of halogens is 2. The maximum Gasteiger partial charge on any atom is 0.418 e. The molecule has 8 nitrogen and oxygen atoms in total. The molecule has 0 N–H and O–H groups in total. The van der Waals surface area contributed by atoms with Crippen molar-refractivity contribution in [1.29, 1.82) is 0 Å². The van der Waals surface area contributed by atoms with Gasteiger partial charge in [0.15, 0.2) is 17.4 Å². The Kier molecular flexibility index (Phi) is 5.89. The number of rotatable bonds is 5. The molecule has 1 aliphatic heterocycles. The standard InChI is InChI=1S/C29H28F2N4O4/c1-15-4-7-20(17-6-9-22(30)23(31)13-17)25(15)24(36)14-35-27(37)29(39-28(35)38)11-10-18-12-19(5-8-21(18)29)26-16(2)32-33-34(26)3/h5-6,8-9,12-13,15,20,25H,4,7,10-11,14H2,1-3H3/t15-,20-,25?,29+/m0/s1. The highest BCUT2D eigenvalue weighted by atomic mass is 19.2. The zero-order valence-electron chi connectivity index (χ0n) is 21.9. The molecule has 0 radical (unpaired) electrons. The first kappa shape index (κ1) is 25.3. The zero-order chi connectivity index (χ0) is 27.6. The number of fused-ring (bicyclic) bond motifs is 2. The van der Waals surface area contributed by atoms with Crippen LogP contribution in [0.3, 0.4) is 0 Å². The highest BCUT2D eigenvalue weighted by Gasteiger charge is 2.58. The van der Waals surface area contributed by atoms with Crippen molar-refractivity contribution in [3.63, 3.8) is 0 Å². The summed E-state index contributed by atoms with van der Waals surface area (Å²) in [5.74, 6) is -3.61. The fourth-order valence-electron chi connectivity index (χ4n) is 6.77. The Morgan fingerprint density at radius 2 is 1.92 bits per heavy atom. The van der Waals surface area contributed by atoms with Crippen LogP contribution in [0.1, 0.15) is 54.5 Å². The molecule has 39 heavy (non-hydrogen) atoms. The van der Waals surface area contributed by atoms with Gasteiger partial charge in [-0.2, -0.15) is 0 Å². The number of benzene rings is 2. The van der Waals surface area contributed by atoms with E-state index in [0.29, 0.717) is 30.4 Å². The Morgan fingerprint density at radius 3 is 2.64 bits per heavy atom. The SMILES string of the molecule is Cc1nnn(C)c1-c1ccc2c(c1)CC[C@@]21OC(=O)N(CC(=O)C2[C@@H](C)CC[C@H]2c2ccc(F)c(F)c2)C1=O. The van der Waals surface area contributed by atoms with E-state index in [2.05, 4.69) is 10.3 Å². The normalized spacial score (nSPS) is 26.0. The van der Waals surface area contributed by atoms with E-state index in [1.807, 2.05) is 33.0 Å². The molecular weight excluding hydrogens is 506 g/mol. The van der Waals surface area contributed by atoms with Crippen LogP contribution >= 0.6 is 0 Å². The van der Waals surface area contributed by atoms with Gasteiger partial charge in [-0.25, -0.2) is 23.2 Å². The number of carbonyl (C=O) groups is 3. The van der Waals surface area contributed by atoms with E-state index in [-0.39, 0.29) is 17.6 Å². The van der Waals surface area contributed by atoms with Crippen molar-refractivity contribution >= 4 is 17.8 Å². The second-order valence-corrected chi connectivity index (χ2v) is 10.9. The predicted octanol–water partition coefficient (Wildman–Crippen LogP) is 4.59. The van der Waals surface area contributed by atoms with Crippen molar-refractivity contribution in [3.05, 3.63) is 70.4 Å². The minimum Gasteiger partial charge on any atom is -0.427 e. The summed E-state index contributed by atoms with van der Waals surface area (Å²) in [4.78, 5) is 41.1. The topological polar surface area (TPSA) is 94.4 Å². The summed E-state index contributed by atoms with van der Waals surface area (Å²) in [5, 5.41) is 8.16. The summed E-state index contributed by atoms with van der Waals surface area (Å²) < 4.78 is 34.9. The number of nitrogens with zero attached hydrogens (tertiary/aromatic N) is 4. The number of Topliss-reactive ketones (excluding diaryl/α,β-unsaturated/α-hetero) is 1. The van der Waals surface area contributed by atoms with Crippen molar-refractivity contribution in [2.24, 2.45) is 18.9 Å². The van der Waals surface area contributed by atoms with Gasteiger partial charge in [0.1, 0.15) is 0 Å². The number of aromatic nitrogens is 3. The molecule has 1 unspecified atom stereocenters. The first-order valence-corrected chi connectivity index (χ1v) is 13.1. The number of ether oxygens (including phenoxy) is 1. The van der Waals surface area contributed by atoms with Crippen molar-refractivity contribution in [2.75, 3.05) is 6.54 Å². The van der Waals surface area contributed by atoms with Crippen LogP contribution in [0, 0.1) is 30.4 Å². The van der Waals surface area contributed by atoms with E-state index in [4.69, 9.17) is 4.74 Å². The molecule has 3 aliphatic rings. The number of hydrogen-bond donors (Lipinski definition) is 0. The van der Waals surface area contributed by atoms with Crippen molar-refractivity contribution in [1.82, 2.24) is 19.9 Å². The summed E-state index contributed by atoms with van der Waals surface area (Å²) in [6.07, 6.45) is 1.34. The van der Waals surface area contributed by atoms with Crippen LogP contribution in [0.5, 0.6) is 0 Å². The molecule has 202 valence electrons. The maximum atomic E-state index is 13.9. The molecule has 4 atom stereocenters. The maximum absolute atomic E-state index is 13.9. The first-order valence-electron chi connectivity index (χ1n) is 13.1. The van der Waals surface area contributed by atoms with Gasteiger partial charge in [-0.1, -0.05) is 30.3 Å². The molecule has 3 aromatic rings. The molecule has 2 heterocycles. The third kappa shape index (κ3) is 3.87. The van der Waals surface area contributed by atoms with Crippen LogP contribution in [-0.4, -0.2) is 44.2 Å². The number of ketones is 1. The van der Waals surface area contributed by atoms with E-state index >= 15 is 0 Å². The molecule has 2 amide bonds. The second-order valence-electron chi connectivity index (χ2n) is 10.9. The molecule has 1 aromatic heterocycles. The van der Waals surface area contributed by atoms with Gasteiger partial charge in [0.2, 0.25) is 5.60 Å². The van der Waals surface area contributed by atoms with Crippen LogP contribution in [-0.2, 0) is 33.4 Å². The summed E-state index contributed by atoms with van der Waals surface area (Å²) >= 11 is 0. The van der Waals surface area contributed by atoms with Crippen molar-refractivity contribution in [3.8, 4) is 11.3 Å². The Hall–Kier alpha value is -3.95. The molecule has 1 saturated carbocycles. The lowest BCUT2D eigenvalue weighted by molar-refractivity contribution is -0.140. The van der Waals surface area contributed by atoms with E-state index in [9.17, 15) is 23.2 Å². The first-order chi connectivity index (χ1) is 18.6. The van der Waals surface area contributed by atoms with Gasteiger partial charge >= 0.3 is 6.09 Å². The molecule has 1 spiro atoms. The minimum absolute atomic E-state index is 0.0334. The number of imide groups is 1. The highest BCUT2D eigenvalue weighted by molar-refractivity contribution is 6.06. The average molecular weight is 535 g/mol. The third-order valence-corrected chi connectivity index (χ3v) is 8.67. The van der Waals surface area contributed by atoms with Gasteiger partial charge < -0.3 is 4.74 Å². The van der Waals surface area contributed by atoms with Gasteiger partial charge in [-0.15, -0.1) is 5.10 Å². The average Bonchev–Trinajstić information content (AvgIpc) is 3.63. The Balaban J connectivity index is 1.25. The van der Waals surface area contributed by atoms with Crippen LogP contribution in [0.15, 0.2) is 36.4 Å². The molecule has 10 heteroatoms. The summed E-state index contributed by atoms with van der Waals surface area (Å²) in [6, 6.07) is 9.33. The number of carbonyl (C=O) groups excluding carboxylic acids is 3. The molecular formula is C29H28F2N4O4. The number of amides is 2. The Labute approximate surface area is 223 Å². The van der Waals surface area contributed by atoms with E-state index in [1.165, 1.54) is 6.07 Å². The summed E-state index contributed by atoms with van der Waals surface area (Å²) in [7, 11) is 1.81. The lowest BCUT2D eigenvalue weighted by atomic mass is 9.82. The Morgan fingerprint density at radius 1 is 1.13 bits per heavy atom. The van der Waals surface area contributed by atoms with Gasteiger partial charge in [0.05, 0.1) is 17.9 Å². The fourth-order valence-corrected chi connectivity index (χ4v) is 6.77. The van der Waals surface area contributed by atoms with E-state index in [0.717, 1.165) is 46.0 Å². The van der Waals surface area contributed by atoms with Crippen molar-refractivity contribution in [2.45, 2.75) is 51.0 Å². The largest absolute Gasteiger partial charge is 0.427 e. The quantitative estimate of drug-likeness (QED) is 0.475. The van der Waals surface area contributed by atoms with Crippen LogP contribution in [0.25, 0.3) is 11.3 Å². The predicted molar refractivity (Wildman–Crippen MR) is 135 cm³/mol. The Bertz CT molecular complexity index is 1520. The summed E-state index contributed by atoms with van der Waals surface area (Å²) in [6.45, 7) is 3.39. The lowest BCUT2D eigenvalue weighted by Gasteiger charge is -2.24. The van der Waals surface area contributed by atoms with Crippen molar-refractivity contribution < 1.29 is 27.9 Å². The minimum atomic E-state index is -1.45. The molecule has 1 saturated heterocycles. The van der Waals surface area contributed by atoms with Gasteiger partial charge in [0.25, 0.3) is 5.91 Å². The monoisotopic (exact) mass is 534 g/mol. The molecule has 2 aliphatic carbocycles. The van der Waals surface area contributed by atoms with E-state index in [1.54, 1.807) is 10.7 Å². The van der Waals surface area contributed by atoms with Crippen LogP contribution in [0.4, 0.5) is 13.6 Å². The second kappa shape index (κ2) is 9.07. The summed E-state index contributed by atoms with van der Waals surface area (Å²) in [5.41, 5.74) is 3.15. The highest BCUT2D eigenvalue weighted by Crippen LogP contribution is 2.48. The number of hydrogen-bond acceptors (Lipinski definition) is 6. The van der Waals surface area contributed by atoms with Gasteiger partial charge in [-0.3, -0.25) is 9.59 Å². The zero-order valence-corrected chi connectivity index (χ0v) is 21.9. The molecule has 2 aromatic carbocycles. The molecule has 0 bridgehead atoms. The van der Waals surface area contributed by atoms with Gasteiger partial charge in [0, 0.05) is 30.5 Å². The van der Waals surface area contributed by atoms with Crippen LogP contribution in [0.2, 0.25) is 0 Å². The lowest BCUT2D eigenvalue weighted by Crippen LogP contribution is -2.42. The molecule has 6 rings (SSSR count). The smallest absolute Gasteiger partial charge is 0.418 e. The number of aryl methyl sites for hydroxylation is 3. The van der Waals surface area contributed by atoms with Gasteiger partial charge in [-0.05, 0) is 67.3 Å². The fraction of sp³-hybridized carbons (Fsp3) is 0.414.